The first-order valence-corrected chi connectivity index (χ1v) is 5.35. The third-order valence-electron chi connectivity index (χ3n) is 2.27. The van der Waals surface area contributed by atoms with Gasteiger partial charge in [-0.15, -0.1) is 0 Å². The first-order chi connectivity index (χ1) is 7.94. The number of carbonyl (C=O) groups excluding carboxylic acids is 1. The van der Waals surface area contributed by atoms with Crippen LogP contribution in [0.1, 0.15) is 13.8 Å². The highest BCUT2D eigenvalue weighted by Crippen LogP contribution is 2.11. The van der Waals surface area contributed by atoms with Gasteiger partial charge in [0.25, 0.3) is 0 Å². The number of amides is 1. The van der Waals surface area contributed by atoms with Gasteiger partial charge < -0.3 is 15.7 Å². The van der Waals surface area contributed by atoms with E-state index in [2.05, 4.69) is 10.6 Å². The SMILES string of the molecule is CC(C)(CO)NCC(=O)Nc1ccccc1F. The molecular formula is C12H17FN2O2. The van der Waals surface area contributed by atoms with Crippen LogP contribution in [0.3, 0.4) is 0 Å². The van der Waals surface area contributed by atoms with E-state index in [4.69, 9.17) is 5.11 Å². The minimum Gasteiger partial charge on any atom is -0.394 e. The first kappa shape index (κ1) is 13.6. The van der Waals surface area contributed by atoms with Gasteiger partial charge in [-0.3, -0.25) is 4.79 Å². The van der Waals surface area contributed by atoms with Crippen LogP contribution in [0.5, 0.6) is 0 Å². The number of nitrogens with one attached hydrogen (secondary N) is 2. The van der Waals surface area contributed by atoms with Crippen molar-refractivity contribution in [3.8, 4) is 0 Å². The lowest BCUT2D eigenvalue weighted by atomic mass is 10.1. The molecule has 0 atom stereocenters. The molecule has 0 aromatic heterocycles. The zero-order chi connectivity index (χ0) is 12.9. The smallest absolute Gasteiger partial charge is 0.238 e. The third kappa shape index (κ3) is 4.50. The summed E-state index contributed by atoms with van der Waals surface area (Å²) in [5.74, 6) is -0.820. The summed E-state index contributed by atoms with van der Waals surface area (Å²) >= 11 is 0. The molecule has 0 aliphatic carbocycles. The molecule has 0 unspecified atom stereocenters. The van der Waals surface area contributed by atoms with Crippen LogP contribution in [0.2, 0.25) is 0 Å². The lowest BCUT2D eigenvalue weighted by Gasteiger charge is -2.23. The van der Waals surface area contributed by atoms with Crippen molar-refractivity contribution in [2.24, 2.45) is 0 Å². The molecule has 0 saturated heterocycles. The van der Waals surface area contributed by atoms with Gasteiger partial charge in [-0.1, -0.05) is 12.1 Å². The van der Waals surface area contributed by atoms with Crippen molar-refractivity contribution in [1.82, 2.24) is 5.32 Å². The second-order valence-corrected chi connectivity index (χ2v) is 4.42. The Kier molecular flexibility index (Phi) is 4.60. The monoisotopic (exact) mass is 240 g/mol. The maximum Gasteiger partial charge on any atom is 0.238 e. The number of benzene rings is 1. The average Bonchev–Trinajstić information content (AvgIpc) is 2.30. The molecule has 0 radical (unpaired) electrons. The van der Waals surface area contributed by atoms with E-state index < -0.39 is 11.4 Å². The molecule has 0 spiro atoms. The molecule has 0 saturated carbocycles. The summed E-state index contributed by atoms with van der Waals surface area (Å²) in [6, 6.07) is 5.97. The van der Waals surface area contributed by atoms with Crippen LogP contribution in [-0.4, -0.2) is 29.7 Å². The van der Waals surface area contributed by atoms with E-state index in [1.54, 1.807) is 26.0 Å². The van der Waals surface area contributed by atoms with Crippen molar-refractivity contribution in [1.29, 1.82) is 0 Å². The van der Waals surface area contributed by atoms with Gasteiger partial charge in [-0.25, -0.2) is 4.39 Å². The normalized spacial score (nSPS) is 11.3. The zero-order valence-corrected chi connectivity index (χ0v) is 9.96. The van der Waals surface area contributed by atoms with Crippen LogP contribution >= 0.6 is 0 Å². The molecule has 0 bridgehead atoms. The molecule has 1 aromatic carbocycles. The van der Waals surface area contributed by atoms with Gasteiger partial charge in [0.15, 0.2) is 0 Å². The second kappa shape index (κ2) is 5.75. The summed E-state index contributed by atoms with van der Waals surface area (Å²) in [5, 5.41) is 14.3. The fourth-order valence-electron chi connectivity index (χ4n) is 1.13. The number of aliphatic hydroxyl groups excluding tert-OH is 1. The van der Waals surface area contributed by atoms with Crippen molar-refractivity contribution >= 4 is 11.6 Å². The van der Waals surface area contributed by atoms with E-state index in [1.165, 1.54) is 12.1 Å². The number of rotatable bonds is 5. The van der Waals surface area contributed by atoms with Gasteiger partial charge in [-0.2, -0.15) is 0 Å². The molecule has 0 heterocycles. The van der Waals surface area contributed by atoms with Gasteiger partial charge in [0, 0.05) is 5.54 Å². The van der Waals surface area contributed by atoms with Gasteiger partial charge in [0.2, 0.25) is 5.91 Å². The van der Waals surface area contributed by atoms with Gasteiger partial charge >= 0.3 is 0 Å². The van der Waals surface area contributed by atoms with Crippen LogP contribution in [0.15, 0.2) is 24.3 Å². The molecule has 1 amide bonds. The molecule has 3 N–H and O–H groups in total. The molecule has 5 heteroatoms. The molecule has 4 nitrogen and oxygen atoms in total. The Labute approximate surface area is 99.8 Å². The predicted molar refractivity (Wildman–Crippen MR) is 64.2 cm³/mol. The van der Waals surface area contributed by atoms with E-state index in [0.717, 1.165) is 0 Å². The Hall–Kier alpha value is -1.46. The zero-order valence-electron chi connectivity index (χ0n) is 9.96. The largest absolute Gasteiger partial charge is 0.394 e. The van der Waals surface area contributed by atoms with Crippen molar-refractivity contribution < 1.29 is 14.3 Å². The van der Waals surface area contributed by atoms with Crippen LogP contribution < -0.4 is 10.6 Å². The average molecular weight is 240 g/mol. The highest BCUT2D eigenvalue weighted by atomic mass is 19.1. The highest BCUT2D eigenvalue weighted by Gasteiger charge is 2.16. The summed E-state index contributed by atoms with van der Waals surface area (Å²) in [7, 11) is 0. The Bertz CT molecular complexity index is 394. The lowest BCUT2D eigenvalue weighted by molar-refractivity contribution is -0.115. The molecule has 1 aromatic rings. The fourth-order valence-corrected chi connectivity index (χ4v) is 1.13. The summed E-state index contributed by atoms with van der Waals surface area (Å²) in [6.07, 6.45) is 0. The van der Waals surface area contributed by atoms with Gasteiger partial charge in [0.1, 0.15) is 5.82 Å². The number of aliphatic hydroxyl groups is 1. The number of carbonyl (C=O) groups is 1. The van der Waals surface area contributed by atoms with Crippen LogP contribution in [0, 0.1) is 5.82 Å². The number of hydrogen-bond acceptors (Lipinski definition) is 3. The van der Waals surface area contributed by atoms with E-state index >= 15 is 0 Å². The summed E-state index contributed by atoms with van der Waals surface area (Å²) < 4.78 is 13.2. The van der Waals surface area contributed by atoms with E-state index in [0.29, 0.717) is 0 Å². The van der Waals surface area contributed by atoms with Crippen LogP contribution in [0.25, 0.3) is 0 Å². The number of halogens is 1. The van der Waals surface area contributed by atoms with Crippen molar-refractivity contribution in [2.75, 3.05) is 18.5 Å². The summed E-state index contributed by atoms with van der Waals surface area (Å²) in [6.45, 7) is 3.47. The molecule has 17 heavy (non-hydrogen) atoms. The standard InChI is InChI=1S/C12H17FN2O2/c1-12(2,8-16)14-7-11(17)15-10-6-4-3-5-9(10)13/h3-6,14,16H,7-8H2,1-2H3,(H,15,17). The molecular weight excluding hydrogens is 223 g/mol. The molecule has 1 rings (SSSR count). The molecule has 0 fully saturated rings. The minimum absolute atomic E-state index is 0.0158. The lowest BCUT2D eigenvalue weighted by Crippen LogP contribution is -2.46. The molecule has 0 aliphatic rings. The Morgan fingerprint density at radius 1 is 1.41 bits per heavy atom. The van der Waals surface area contributed by atoms with E-state index in [9.17, 15) is 9.18 Å². The summed E-state index contributed by atoms with van der Waals surface area (Å²) in [4.78, 5) is 11.5. The quantitative estimate of drug-likeness (QED) is 0.723. The van der Waals surface area contributed by atoms with E-state index in [1.807, 2.05) is 0 Å². The predicted octanol–water partition coefficient (Wildman–Crippen LogP) is 1.12. The van der Waals surface area contributed by atoms with Crippen molar-refractivity contribution in [2.45, 2.75) is 19.4 Å². The molecule has 0 aliphatic heterocycles. The van der Waals surface area contributed by atoms with Gasteiger partial charge in [-0.05, 0) is 26.0 Å². The topological polar surface area (TPSA) is 61.4 Å². The molecule has 94 valence electrons. The number of hydrogen-bond donors (Lipinski definition) is 3. The fraction of sp³-hybridized carbons (Fsp3) is 0.417. The third-order valence-corrected chi connectivity index (χ3v) is 2.27. The van der Waals surface area contributed by atoms with Crippen LogP contribution in [-0.2, 0) is 4.79 Å². The number of para-hydroxylation sites is 1. The Balaban J connectivity index is 2.48. The number of anilines is 1. The second-order valence-electron chi connectivity index (χ2n) is 4.42. The summed E-state index contributed by atoms with van der Waals surface area (Å²) in [5.41, 5.74) is -0.381. The first-order valence-electron chi connectivity index (χ1n) is 5.35. The Morgan fingerprint density at radius 3 is 2.65 bits per heavy atom. The van der Waals surface area contributed by atoms with Gasteiger partial charge in [0.05, 0.1) is 18.8 Å². The maximum absolute atomic E-state index is 13.2. The van der Waals surface area contributed by atoms with Crippen LogP contribution in [0.4, 0.5) is 10.1 Å². The maximum atomic E-state index is 13.2. The highest BCUT2D eigenvalue weighted by molar-refractivity contribution is 5.92. The van der Waals surface area contributed by atoms with E-state index in [-0.39, 0.29) is 24.7 Å². The minimum atomic E-state index is -0.535. The van der Waals surface area contributed by atoms with Crippen molar-refractivity contribution in [3.63, 3.8) is 0 Å². The Morgan fingerprint density at radius 2 is 2.06 bits per heavy atom. The van der Waals surface area contributed by atoms with Crippen molar-refractivity contribution in [3.05, 3.63) is 30.1 Å².